The van der Waals surface area contributed by atoms with Crippen molar-refractivity contribution < 1.29 is 76.9 Å². The number of aromatic nitrogens is 2. The molecule has 0 saturated carbocycles. The number of halogens is 5. The lowest BCUT2D eigenvalue weighted by molar-refractivity contribution is -0.144. The highest BCUT2D eigenvalue weighted by Crippen LogP contribution is 2.33. The van der Waals surface area contributed by atoms with Gasteiger partial charge in [0.1, 0.15) is 40.2 Å². The van der Waals surface area contributed by atoms with Crippen LogP contribution in [-0.2, 0) is 86.2 Å². The summed E-state index contributed by atoms with van der Waals surface area (Å²) >= 11 is 17.1. The number of aromatic hydroxyl groups is 1. The number of rotatable bonds is 37. The Kier molecular flexibility index (Phi) is 45.9. The van der Waals surface area contributed by atoms with Gasteiger partial charge in [-0.2, -0.15) is 0 Å². The van der Waals surface area contributed by atoms with Gasteiger partial charge < -0.3 is 53.4 Å². The van der Waals surface area contributed by atoms with Crippen LogP contribution in [0, 0.1) is 0 Å². The predicted octanol–water partition coefficient (Wildman–Crippen LogP) is 24.6. The van der Waals surface area contributed by atoms with Crippen LogP contribution in [0.3, 0.4) is 0 Å². The molecule has 25 heteroatoms. The van der Waals surface area contributed by atoms with Crippen LogP contribution in [0.4, 0.5) is 16.4 Å². The van der Waals surface area contributed by atoms with Crippen LogP contribution < -0.4 is 24.4 Å². The molecule has 676 valence electrons. The van der Waals surface area contributed by atoms with Gasteiger partial charge in [-0.3, -0.25) is 24.1 Å². The summed E-state index contributed by atoms with van der Waals surface area (Å²) in [5.74, 6) is 2.44. The van der Waals surface area contributed by atoms with Crippen LogP contribution in [0.15, 0.2) is 283 Å². The molecule has 4 atom stereocenters. The van der Waals surface area contributed by atoms with Gasteiger partial charge in [0.25, 0.3) is 0 Å². The summed E-state index contributed by atoms with van der Waals surface area (Å²) in [5, 5.41) is 21.7. The molecule has 0 radical (unpaired) electrons. The highest BCUT2D eigenvalue weighted by atomic mass is 79.9. The van der Waals surface area contributed by atoms with Gasteiger partial charge in [0.15, 0.2) is 0 Å². The fourth-order valence-corrected chi connectivity index (χ4v) is 14.4. The highest BCUT2D eigenvalue weighted by Gasteiger charge is 2.25. The molecule has 0 aliphatic rings. The fraction of sp³-hybridized carbons (Fsp3) is 0.301. The van der Waals surface area contributed by atoms with Crippen molar-refractivity contribution in [1.29, 1.82) is 0 Å². The number of amides is 1. The number of hydrogen-bond acceptors (Lipinski definition) is 18. The smallest absolute Gasteiger partial charge is 0.415 e. The van der Waals surface area contributed by atoms with Crippen molar-refractivity contribution in [2.45, 2.75) is 142 Å². The van der Waals surface area contributed by atoms with E-state index in [0.717, 1.165) is 121 Å². The average molecular weight is 2060 g/mol. The lowest BCUT2D eigenvalue weighted by atomic mass is 9.89. The number of phenolic OH excluding ortho intramolecular Hbond substituents is 1. The van der Waals surface area contributed by atoms with E-state index < -0.39 is 17.7 Å². The lowest BCUT2D eigenvalue weighted by Gasteiger charge is -2.24. The molecule has 0 aliphatic carbocycles. The van der Waals surface area contributed by atoms with E-state index in [2.05, 4.69) is 107 Å². The zero-order valence-corrected chi connectivity index (χ0v) is 81.8. The topological polar surface area (TPSA) is 258 Å². The minimum Gasteiger partial charge on any atom is -0.508 e. The molecular formula is C103H113Br5N4O16. The Balaban J connectivity index is 0.000000227. The summed E-state index contributed by atoms with van der Waals surface area (Å²) in [6.45, 7) is 15.3. The molecule has 9 aromatic carbocycles. The lowest BCUT2D eigenvalue weighted by Crippen LogP contribution is -2.34. The molecule has 1 amide bonds. The molecule has 11 rings (SSSR count). The van der Waals surface area contributed by atoms with Crippen LogP contribution in [-0.4, -0.2) is 123 Å². The standard InChI is InChI=1S/C31H37BrN2O5.C24H25BrN2O3.C19H21BrO3.C18H19BrO3.C11H11BrO2/c1-6-37-29(35)21-24(23-12-14-25(32)15-13-23)20-22-10-16-27(17-11-22)38-19-18-26-8-7-9-28(33-26)34(5)30(36)39-31(2,3)4;1-26-23-4-2-3-21(27-23)13-14-30-22-11-5-17(6-12-22)15-19(16-24(28)29)18-7-9-20(25)10-8-18;1-3-23-19(21)13-16(15-6-8-17(20)9-7-15)12-14-4-10-18(22-2)11-5-14;1-2-22-18(21)12-15(14-5-7-16(19)8-6-14)11-13-3-9-17(20)10-4-13;1-2-14-11(13)8-5-9-3-6-10(12)7-4-9/h7-17,24H,6,18-21H2,1-5H3;2-12,19H,13-16H2,1H3,(H,26,27)(H,28,29);4-11,16H,3,12-13H2,1-2H3;3-10,15,20H,2,11-12H2,1H3;3-8H,2H2,1H3/b;;;;8-5-. The van der Waals surface area contributed by atoms with Crippen molar-refractivity contribution in [3.8, 4) is 23.0 Å². The Morgan fingerprint density at radius 1 is 0.430 bits per heavy atom. The van der Waals surface area contributed by atoms with E-state index >= 15 is 0 Å². The quantitative estimate of drug-likeness (QED) is 0.0186. The first-order valence-electron chi connectivity index (χ1n) is 42.2. The number of carbonyl (C=O) groups excluding carboxylic acids is 5. The number of anilines is 2. The number of carboxylic acids is 1. The number of ether oxygens (including phenoxy) is 8. The second-order valence-electron chi connectivity index (χ2n) is 30.4. The molecule has 2 aromatic heterocycles. The molecule has 0 bridgehead atoms. The monoisotopic (exact) mass is 2060 g/mol. The van der Waals surface area contributed by atoms with E-state index in [1.54, 1.807) is 45.4 Å². The minimum atomic E-state index is -0.793. The molecule has 3 N–H and O–H groups in total. The molecule has 0 fully saturated rings. The van der Waals surface area contributed by atoms with Crippen molar-refractivity contribution >= 4 is 133 Å². The van der Waals surface area contributed by atoms with Gasteiger partial charge in [0, 0.05) is 66.8 Å². The number of nitrogens with zero attached hydrogens (tertiary/aromatic N) is 3. The van der Waals surface area contributed by atoms with Crippen LogP contribution in [0.25, 0.3) is 6.08 Å². The van der Waals surface area contributed by atoms with Gasteiger partial charge in [0.05, 0.1) is 72.4 Å². The largest absolute Gasteiger partial charge is 0.508 e. The molecule has 128 heavy (non-hydrogen) atoms. The minimum absolute atomic E-state index is 0.0149. The summed E-state index contributed by atoms with van der Waals surface area (Å²) < 4.78 is 47.6. The molecule has 0 spiro atoms. The van der Waals surface area contributed by atoms with E-state index in [9.17, 15) is 39.0 Å². The van der Waals surface area contributed by atoms with Crippen LogP contribution in [0.5, 0.6) is 23.0 Å². The SMILES string of the molecule is CCOC(=O)/C=C\c1ccc(Br)cc1.CCOC(=O)CC(Cc1ccc(O)cc1)c1ccc(Br)cc1.CCOC(=O)CC(Cc1ccc(OC)cc1)c1ccc(Br)cc1.CCOC(=O)CC(Cc1ccc(OCCc2cccc(N(C)C(=O)OC(C)(C)C)n2)cc1)c1ccc(Br)cc1.CNc1cccc(CCOc2ccc(CC(CC(=O)O)c3ccc(Br)cc3)cc2)n1. The Labute approximate surface area is 794 Å². The maximum absolute atomic E-state index is 12.4. The van der Waals surface area contributed by atoms with Crippen LogP contribution in [0.1, 0.15) is 159 Å². The van der Waals surface area contributed by atoms with E-state index in [1.807, 2.05) is 273 Å². The number of methoxy groups -OCH3 is 1. The number of aliphatic carboxylic acids is 1. The first-order chi connectivity index (χ1) is 61.5. The predicted molar refractivity (Wildman–Crippen MR) is 523 cm³/mol. The summed E-state index contributed by atoms with van der Waals surface area (Å²) in [7, 11) is 5.15. The third-order valence-electron chi connectivity index (χ3n) is 19.5. The first kappa shape index (κ1) is 104. The molecule has 2 heterocycles. The van der Waals surface area contributed by atoms with Gasteiger partial charge in [-0.15, -0.1) is 0 Å². The summed E-state index contributed by atoms with van der Waals surface area (Å²) in [6, 6.07) is 82.0. The molecular weight excluding hydrogens is 1950 g/mol. The first-order valence-corrected chi connectivity index (χ1v) is 46.2. The summed E-state index contributed by atoms with van der Waals surface area (Å²) in [6.07, 6.45) is 8.03. The fourth-order valence-electron chi connectivity index (χ4n) is 13.1. The number of phenols is 1. The van der Waals surface area contributed by atoms with Crippen molar-refractivity contribution in [2.75, 3.05) is 71.1 Å². The molecule has 0 saturated heterocycles. The van der Waals surface area contributed by atoms with Gasteiger partial charge in [-0.05, 0) is 287 Å². The van der Waals surface area contributed by atoms with Crippen molar-refractivity contribution in [3.63, 3.8) is 0 Å². The Morgan fingerprint density at radius 2 is 0.766 bits per heavy atom. The van der Waals surface area contributed by atoms with E-state index in [4.69, 9.17) is 37.9 Å². The van der Waals surface area contributed by atoms with Crippen molar-refractivity contribution in [3.05, 3.63) is 345 Å². The Morgan fingerprint density at radius 3 is 1.11 bits per heavy atom. The van der Waals surface area contributed by atoms with Crippen molar-refractivity contribution in [1.82, 2.24) is 9.97 Å². The van der Waals surface area contributed by atoms with Gasteiger partial charge in [0.2, 0.25) is 0 Å². The summed E-state index contributed by atoms with van der Waals surface area (Å²) in [4.78, 5) is 81.2. The maximum atomic E-state index is 12.4. The van der Waals surface area contributed by atoms with Gasteiger partial charge in [-0.25, -0.2) is 19.6 Å². The molecule has 11 aromatic rings. The normalized spacial score (nSPS) is 11.7. The average Bonchev–Trinajstić information content (AvgIpc) is 0.866. The second kappa shape index (κ2) is 56.4. The maximum Gasteiger partial charge on any atom is 0.415 e. The summed E-state index contributed by atoms with van der Waals surface area (Å²) in [5.41, 5.74) is 11.0. The van der Waals surface area contributed by atoms with E-state index in [-0.39, 0.29) is 59.7 Å². The van der Waals surface area contributed by atoms with Gasteiger partial charge >= 0.3 is 35.9 Å². The number of carbonyl (C=O) groups is 6. The van der Waals surface area contributed by atoms with E-state index in [0.29, 0.717) is 84.0 Å². The number of carboxylic acid groups (broad SMARTS) is 1. The molecule has 4 unspecified atom stereocenters. The highest BCUT2D eigenvalue weighted by molar-refractivity contribution is 9.11. The third-order valence-corrected chi connectivity index (χ3v) is 22.1. The number of hydrogen-bond donors (Lipinski definition) is 3. The Hall–Kier alpha value is -11.0. The number of pyridine rings is 2. The van der Waals surface area contributed by atoms with Gasteiger partial charge in [-0.1, -0.05) is 201 Å². The zero-order chi connectivity index (χ0) is 92.8. The zero-order valence-electron chi connectivity index (χ0n) is 73.9. The number of esters is 4. The number of nitrogens with one attached hydrogen (secondary N) is 1. The molecule has 20 nitrogen and oxygen atoms in total. The molecule has 0 aliphatic heterocycles. The van der Waals surface area contributed by atoms with E-state index in [1.165, 1.54) is 16.5 Å². The van der Waals surface area contributed by atoms with Crippen LogP contribution in [0.2, 0.25) is 0 Å². The third kappa shape index (κ3) is 40.1. The van der Waals surface area contributed by atoms with Crippen LogP contribution >= 0.6 is 79.6 Å². The number of benzene rings is 9. The van der Waals surface area contributed by atoms with Crippen molar-refractivity contribution in [2.24, 2.45) is 0 Å². The second-order valence-corrected chi connectivity index (χ2v) is 34.9. The Bertz CT molecular complexity index is 5200.